The lowest BCUT2D eigenvalue weighted by Crippen LogP contribution is -2.27. The molecule has 7 heteroatoms. The highest BCUT2D eigenvalue weighted by Gasteiger charge is 2.17. The lowest BCUT2D eigenvalue weighted by Gasteiger charge is -2.08. The number of amides is 1. The maximum absolute atomic E-state index is 11.7. The first-order valence-electron chi connectivity index (χ1n) is 4.71. The second-order valence-corrected chi connectivity index (χ2v) is 3.35. The maximum atomic E-state index is 11.7. The Kier molecular flexibility index (Phi) is 2.69. The largest absolute Gasteiger partial charge is 0.331 e. The molecule has 0 saturated carbocycles. The van der Waals surface area contributed by atoms with E-state index in [9.17, 15) is 4.79 Å². The molecule has 84 valence electrons. The van der Waals surface area contributed by atoms with Crippen molar-refractivity contribution in [2.75, 3.05) is 5.32 Å². The molecule has 1 unspecified atom stereocenters. The number of H-pyrrole nitrogens is 1. The molecule has 7 nitrogen and oxygen atoms in total. The van der Waals surface area contributed by atoms with E-state index in [0.717, 1.165) is 0 Å². The van der Waals surface area contributed by atoms with Gasteiger partial charge in [0.15, 0.2) is 0 Å². The van der Waals surface area contributed by atoms with Crippen LogP contribution in [-0.4, -0.2) is 25.7 Å². The van der Waals surface area contributed by atoms with E-state index in [-0.39, 0.29) is 5.91 Å². The zero-order chi connectivity index (χ0) is 11.5. The highest BCUT2D eigenvalue weighted by molar-refractivity contribution is 5.93. The average Bonchev–Trinajstić information content (AvgIpc) is 2.88. The van der Waals surface area contributed by atoms with Crippen molar-refractivity contribution in [3.05, 3.63) is 30.4 Å². The number of hydrogen-bond acceptors (Lipinski definition) is 4. The lowest BCUT2D eigenvalue weighted by molar-refractivity contribution is -0.117. The van der Waals surface area contributed by atoms with Gasteiger partial charge in [-0.25, -0.2) is 4.98 Å². The normalized spacial score (nSPS) is 12.4. The molecule has 1 amide bonds. The summed E-state index contributed by atoms with van der Waals surface area (Å²) in [5.41, 5.74) is 6.42. The Hall–Kier alpha value is -2.15. The molecule has 4 N–H and O–H groups in total. The van der Waals surface area contributed by atoms with Crippen LogP contribution in [-0.2, 0) is 11.8 Å². The number of aryl methyl sites for hydroxylation is 1. The van der Waals surface area contributed by atoms with E-state index in [1.807, 2.05) is 0 Å². The summed E-state index contributed by atoms with van der Waals surface area (Å²) in [6, 6.07) is -0.751. The molecule has 2 rings (SSSR count). The van der Waals surface area contributed by atoms with Crippen LogP contribution in [0.4, 0.5) is 5.95 Å². The van der Waals surface area contributed by atoms with Gasteiger partial charge in [-0.3, -0.25) is 14.8 Å². The smallest absolute Gasteiger partial charge is 0.248 e. The summed E-state index contributed by atoms with van der Waals surface area (Å²) in [7, 11) is 1.76. The Balaban J connectivity index is 2.05. The number of aromatic amines is 1. The minimum Gasteiger partial charge on any atom is -0.331 e. The van der Waals surface area contributed by atoms with Gasteiger partial charge in [-0.2, -0.15) is 5.10 Å². The number of carbonyl (C=O) groups is 1. The first-order chi connectivity index (χ1) is 7.66. The molecule has 2 aromatic heterocycles. The van der Waals surface area contributed by atoms with Crippen molar-refractivity contribution in [3.8, 4) is 0 Å². The van der Waals surface area contributed by atoms with Gasteiger partial charge in [0.05, 0.1) is 6.20 Å². The van der Waals surface area contributed by atoms with Crippen molar-refractivity contribution in [3.63, 3.8) is 0 Å². The number of carbonyl (C=O) groups excluding carboxylic acids is 1. The lowest BCUT2D eigenvalue weighted by atomic mass is 10.1. The summed E-state index contributed by atoms with van der Waals surface area (Å²) in [6.45, 7) is 0. The summed E-state index contributed by atoms with van der Waals surface area (Å²) < 4.78 is 1.59. The summed E-state index contributed by atoms with van der Waals surface area (Å²) in [5.74, 6) is 0.0484. The zero-order valence-corrected chi connectivity index (χ0v) is 8.71. The fraction of sp³-hybridized carbons (Fsp3) is 0.222. The van der Waals surface area contributed by atoms with E-state index >= 15 is 0 Å². The predicted octanol–water partition coefficient (Wildman–Crippen LogP) is -0.218. The van der Waals surface area contributed by atoms with Crippen molar-refractivity contribution in [2.24, 2.45) is 12.8 Å². The molecule has 16 heavy (non-hydrogen) atoms. The number of aromatic nitrogens is 4. The number of nitrogens with one attached hydrogen (secondary N) is 2. The van der Waals surface area contributed by atoms with E-state index in [2.05, 4.69) is 20.4 Å². The van der Waals surface area contributed by atoms with E-state index in [0.29, 0.717) is 11.5 Å². The number of rotatable bonds is 3. The van der Waals surface area contributed by atoms with Gasteiger partial charge in [-0.15, -0.1) is 0 Å². The van der Waals surface area contributed by atoms with Crippen molar-refractivity contribution >= 4 is 11.9 Å². The van der Waals surface area contributed by atoms with Gasteiger partial charge >= 0.3 is 0 Å². The number of nitrogens with zero attached hydrogens (tertiary/aromatic N) is 3. The Morgan fingerprint density at radius 1 is 1.69 bits per heavy atom. The van der Waals surface area contributed by atoms with Gasteiger partial charge < -0.3 is 10.7 Å². The quantitative estimate of drug-likeness (QED) is 0.665. The number of nitrogens with two attached hydrogens (primary N) is 1. The maximum Gasteiger partial charge on any atom is 0.248 e. The molecular formula is C9H12N6O. The minimum atomic E-state index is -0.751. The SMILES string of the molecule is Cn1cc(C(N)C(=O)Nc2ncc[nH]2)cn1. The average molecular weight is 220 g/mol. The predicted molar refractivity (Wildman–Crippen MR) is 57.4 cm³/mol. The number of anilines is 1. The van der Waals surface area contributed by atoms with E-state index < -0.39 is 6.04 Å². The summed E-state index contributed by atoms with van der Waals surface area (Å²) in [5, 5.41) is 6.51. The van der Waals surface area contributed by atoms with Crippen LogP contribution in [0.2, 0.25) is 0 Å². The highest BCUT2D eigenvalue weighted by Crippen LogP contribution is 2.10. The molecule has 0 saturated heterocycles. The monoisotopic (exact) mass is 220 g/mol. The van der Waals surface area contributed by atoms with Gasteiger partial charge in [0, 0.05) is 31.2 Å². The molecule has 0 fully saturated rings. The second-order valence-electron chi connectivity index (χ2n) is 3.35. The summed E-state index contributed by atoms with van der Waals surface area (Å²) >= 11 is 0. The molecular weight excluding hydrogens is 208 g/mol. The molecule has 0 radical (unpaired) electrons. The molecule has 1 atom stereocenters. The van der Waals surface area contributed by atoms with Crippen LogP contribution in [0.5, 0.6) is 0 Å². The van der Waals surface area contributed by atoms with Crippen molar-refractivity contribution in [1.82, 2.24) is 19.7 Å². The minimum absolute atomic E-state index is 0.331. The van der Waals surface area contributed by atoms with Gasteiger partial charge in [0.25, 0.3) is 0 Å². The van der Waals surface area contributed by atoms with Crippen LogP contribution in [0.15, 0.2) is 24.8 Å². The molecule has 0 spiro atoms. The molecule has 2 heterocycles. The van der Waals surface area contributed by atoms with Crippen molar-refractivity contribution in [1.29, 1.82) is 0 Å². The van der Waals surface area contributed by atoms with E-state index in [1.165, 1.54) is 0 Å². The van der Waals surface area contributed by atoms with Crippen molar-refractivity contribution < 1.29 is 4.79 Å². The van der Waals surface area contributed by atoms with Crippen molar-refractivity contribution in [2.45, 2.75) is 6.04 Å². The fourth-order valence-corrected chi connectivity index (χ4v) is 1.28. The van der Waals surface area contributed by atoms with Gasteiger partial charge in [0.1, 0.15) is 6.04 Å². The van der Waals surface area contributed by atoms with Crippen LogP contribution < -0.4 is 11.1 Å². The number of hydrogen-bond donors (Lipinski definition) is 3. The van der Waals surface area contributed by atoms with Crippen LogP contribution in [0, 0.1) is 0 Å². The van der Waals surface area contributed by atoms with E-state index in [1.54, 1.807) is 36.5 Å². The first kappa shape index (κ1) is 10.4. The summed E-state index contributed by atoms with van der Waals surface area (Å²) in [4.78, 5) is 18.3. The Bertz CT molecular complexity index is 474. The van der Waals surface area contributed by atoms with E-state index in [4.69, 9.17) is 5.73 Å². The second kappa shape index (κ2) is 4.15. The zero-order valence-electron chi connectivity index (χ0n) is 8.71. The number of imidazole rings is 1. The van der Waals surface area contributed by atoms with Gasteiger partial charge in [-0.1, -0.05) is 0 Å². The Morgan fingerprint density at radius 3 is 3.06 bits per heavy atom. The summed E-state index contributed by atoms with van der Waals surface area (Å²) in [6.07, 6.45) is 6.43. The molecule has 0 aromatic carbocycles. The topological polar surface area (TPSA) is 102 Å². The molecule has 0 aliphatic rings. The Labute approximate surface area is 91.7 Å². The third kappa shape index (κ3) is 2.09. The van der Waals surface area contributed by atoms with Crippen LogP contribution in [0.3, 0.4) is 0 Å². The molecule has 0 aliphatic carbocycles. The van der Waals surface area contributed by atoms with Gasteiger partial charge in [-0.05, 0) is 0 Å². The third-order valence-electron chi connectivity index (χ3n) is 2.11. The fourth-order valence-electron chi connectivity index (χ4n) is 1.28. The van der Waals surface area contributed by atoms with Crippen LogP contribution in [0.1, 0.15) is 11.6 Å². The highest BCUT2D eigenvalue weighted by atomic mass is 16.2. The first-order valence-corrected chi connectivity index (χ1v) is 4.71. The Morgan fingerprint density at radius 2 is 2.50 bits per heavy atom. The molecule has 0 aliphatic heterocycles. The standard InChI is InChI=1S/C9H12N6O/c1-15-5-6(4-13-15)7(10)8(16)14-9-11-2-3-12-9/h2-5,7H,10H2,1H3,(H2,11,12,14,16). The molecule has 0 bridgehead atoms. The third-order valence-corrected chi connectivity index (χ3v) is 2.11. The van der Waals surface area contributed by atoms with Crippen LogP contribution in [0.25, 0.3) is 0 Å². The van der Waals surface area contributed by atoms with Crippen LogP contribution >= 0.6 is 0 Å². The van der Waals surface area contributed by atoms with Gasteiger partial charge in [0.2, 0.25) is 11.9 Å². The molecule has 2 aromatic rings.